The fourth-order valence-electron chi connectivity index (χ4n) is 1.50. The molecule has 76 valence electrons. The number of benzene rings is 1. The van der Waals surface area contributed by atoms with Crippen LogP contribution in [0.5, 0.6) is 0 Å². The summed E-state index contributed by atoms with van der Waals surface area (Å²) in [4.78, 5) is 14.6. The minimum Gasteiger partial charge on any atom is -0.298 e. The third-order valence-electron chi connectivity index (χ3n) is 2.28. The molecule has 0 amide bonds. The van der Waals surface area contributed by atoms with Gasteiger partial charge < -0.3 is 0 Å². The van der Waals surface area contributed by atoms with E-state index in [1.807, 2.05) is 6.07 Å². The van der Waals surface area contributed by atoms with Gasteiger partial charge in [-0.05, 0) is 17.7 Å². The molecule has 1 aromatic carbocycles. The van der Waals surface area contributed by atoms with E-state index in [0.29, 0.717) is 11.1 Å². The van der Waals surface area contributed by atoms with Gasteiger partial charge in [0.2, 0.25) is 0 Å². The van der Waals surface area contributed by atoms with Crippen molar-refractivity contribution in [2.75, 3.05) is 0 Å². The molecule has 16 heavy (non-hydrogen) atoms. The molecular weight excluding hydrogens is 200 g/mol. The van der Waals surface area contributed by atoms with E-state index in [1.165, 1.54) is 0 Å². The molecule has 0 spiro atoms. The molecule has 2 rings (SSSR count). The quantitative estimate of drug-likeness (QED) is 0.712. The molecule has 0 radical (unpaired) electrons. The molecule has 1 aromatic heterocycles. The van der Waals surface area contributed by atoms with Crippen molar-refractivity contribution in [1.29, 1.82) is 5.26 Å². The molecule has 0 saturated heterocycles. The lowest BCUT2D eigenvalue weighted by molar-refractivity contribution is 0.112. The van der Waals surface area contributed by atoms with Crippen molar-refractivity contribution in [3.63, 3.8) is 0 Å². The highest BCUT2D eigenvalue weighted by atomic mass is 16.1. The first kappa shape index (κ1) is 10.1. The highest BCUT2D eigenvalue weighted by Crippen LogP contribution is 2.22. The van der Waals surface area contributed by atoms with Gasteiger partial charge in [0.05, 0.1) is 11.6 Å². The lowest BCUT2D eigenvalue weighted by Crippen LogP contribution is -1.87. The number of rotatable bonds is 2. The smallest absolute Gasteiger partial charge is 0.150 e. The number of carbonyl (C=O) groups excluding carboxylic acids is 1. The molecule has 0 saturated carbocycles. The van der Waals surface area contributed by atoms with Crippen LogP contribution < -0.4 is 0 Å². The Hall–Kier alpha value is -2.47. The summed E-state index contributed by atoms with van der Waals surface area (Å²) in [5, 5.41) is 8.96. The Bertz CT molecular complexity index is 570. The third-order valence-corrected chi connectivity index (χ3v) is 2.28. The number of aromatic nitrogens is 1. The largest absolute Gasteiger partial charge is 0.298 e. The van der Waals surface area contributed by atoms with E-state index in [0.717, 1.165) is 17.4 Å². The molecule has 0 fully saturated rings. The predicted molar refractivity (Wildman–Crippen MR) is 59.8 cm³/mol. The molecule has 0 atom stereocenters. The number of nitrogens with zero attached hydrogens (tertiary/aromatic N) is 2. The van der Waals surface area contributed by atoms with E-state index in [4.69, 9.17) is 5.26 Å². The first-order valence-corrected chi connectivity index (χ1v) is 4.75. The molecule has 0 N–H and O–H groups in total. The van der Waals surface area contributed by atoms with Crippen molar-refractivity contribution in [3.05, 3.63) is 53.9 Å². The van der Waals surface area contributed by atoms with Crippen LogP contribution in [0.4, 0.5) is 0 Å². The zero-order valence-electron chi connectivity index (χ0n) is 8.42. The maximum absolute atomic E-state index is 10.7. The summed E-state index contributed by atoms with van der Waals surface area (Å²) >= 11 is 0. The number of carbonyl (C=O) groups is 1. The second kappa shape index (κ2) is 4.37. The molecule has 0 aliphatic rings. The van der Waals surface area contributed by atoms with Crippen LogP contribution in [-0.2, 0) is 0 Å². The zero-order chi connectivity index (χ0) is 11.4. The minimum absolute atomic E-state index is 0.554. The second-order valence-electron chi connectivity index (χ2n) is 3.28. The van der Waals surface area contributed by atoms with Gasteiger partial charge in [-0.25, -0.2) is 0 Å². The van der Waals surface area contributed by atoms with Crippen molar-refractivity contribution in [1.82, 2.24) is 4.98 Å². The topological polar surface area (TPSA) is 53.8 Å². The lowest BCUT2D eigenvalue weighted by atomic mass is 10.0. The molecule has 0 bridgehead atoms. The molecule has 3 nitrogen and oxygen atoms in total. The normalized spacial score (nSPS) is 9.44. The highest BCUT2D eigenvalue weighted by molar-refractivity contribution is 5.80. The van der Waals surface area contributed by atoms with Crippen LogP contribution in [0, 0.1) is 11.3 Å². The lowest BCUT2D eigenvalue weighted by Gasteiger charge is -2.03. The summed E-state index contributed by atoms with van der Waals surface area (Å²) in [6.45, 7) is 0. The van der Waals surface area contributed by atoms with Gasteiger partial charge in [-0.3, -0.25) is 9.78 Å². The summed E-state index contributed by atoms with van der Waals surface area (Å²) in [6, 6.07) is 10.9. The maximum Gasteiger partial charge on any atom is 0.150 e. The van der Waals surface area contributed by atoms with Crippen LogP contribution in [0.2, 0.25) is 0 Å². The predicted octanol–water partition coefficient (Wildman–Crippen LogP) is 2.43. The van der Waals surface area contributed by atoms with Crippen molar-refractivity contribution in [3.8, 4) is 17.2 Å². The van der Waals surface area contributed by atoms with E-state index in [9.17, 15) is 4.79 Å². The van der Waals surface area contributed by atoms with Gasteiger partial charge in [0.25, 0.3) is 0 Å². The Balaban J connectivity index is 2.59. The molecule has 0 aliphatic heterocycles. The standard InChI is InChI=1S/C13H8N2O/c14-7-12-4-5-15-8-13(12)11-3-1-2-10(6-11)9-16/h1-6,8-9H. The molecule has 3 heteroatoms. The van der Waals surface area contributed by atoms with E-state index in [-0.39, 0.29) is 0 Å². The first-order valence-electron chi connectivity index (χ1n) is 4.75. The number of nitriles is 1. The summed E-state index contributed by atoms with van der Waals surface area (Å²) < 4.78 is 0. The second-order valence-corrected chi connectivity index (χ2v) is 3.28. The van der Waals surface area contributed by atoms with Crippen molar-refractivity contribution in [2.24, 2.45) is 0 Å². The molecule has 0 unspecified atom stereocenters. The van der Waals surface area contributed by atoms with Crippen molar-refractivity contribution < 1.29 is 4.79 Å². The molecule has 1 heterocycles. The molecular formula is C13H8N2O. The third kappa shape index (κ3) is 1.82. The number of pyridine rings is 1. The van der Waals surface area contributed by atoms with Crippen LogP contribution in [0.3, 0.4) is 0 Å². The van der Waals surface area contributed by atoms with Crippen LogP contribution >= 0.6 is 0 Å². The van der Waals surface area contributed by atoms with Crippen LogP contribution in [0.1, 0.15) is 15.9 Å². The van der Waals surface area contributed by atoms with Gasteiger partial charge in [-0.15, -0.1) is 0 Å². The Morgan fingerprint density at radius 1 is 1.31 bits per heavy atom. The van der Waals surface area contributed by atoms with E-state index >= 15 is 0 Å². The Kier molecular flexibility index (Phi) is 2.75. The maximum atomic E-state index is 10.7. The highest BCUT2D eigenvalue weighted by Gasteiger charge is 2.04. The van der Waals surface area contributed by atoms with Crippen molar-refractivity contribution >= 4 is 6.29 Å². The number of hydrogen-bond acceptors (Lipinski definition) is 3. The van der Waals surface area contributed by atoms with Crippen LogP contribution in [0.15, 0.2) is 42.7 Å². The average molecular weight is 208 g/mol. The Morgan fingerprint density at radius 2 is 2.19 bits per heavy atom. The molecule has 0 aliphatic carbocycles. The number of hydrogen-bond donors (Lipinski definition) is 0. The van der Waals surface area contributed by atoms with Gasteiger partial charge in [-0.2, -0.15) is 5.26 Å². The Labute approximate surface area is 93.0 Å². The zero-order valence-corrected chi connectivity index (χ0v) is 8.42. The van der Waals surface area contributed by atoms with E-state index in [1.54, 1.807) is 36.7 Å². The average Bonchev–Trinajstić information content (AvgIpc) is 2.38. The first-order chi connectivity index (χ1) is 7.85. The van der Waals surface area contributed by atoms with Crippen molar-refractivity contribution in [2.45, 2.75) is 0 Å². The summed E-state index contributed by atoms with van der Waals surface area (Å²) in [5.74, 6) is 0. The Morgan fingerprint density at radius 3 is 2.94 bits per heavy atom. The van der Waals surface area contributed by atoms with Crippen LogP contribution in [-0.4, -0.2) is 11.3 Å². The van der Waals surface area contributed by atoms with Gasteiger partial charge in [0.1, 0.15) is 6.29 Å². The number of aldehydes is 1. The van der Waals surface area contributed by atoms with Gasteiger partial charge >= 0.3 is 0 Å². The van der Waals surface area contributed by atoms with E-state index < -0.39 is 0 Å². The summed E-state index contributed by atoms with van der Waals surface area (Å²) in [5.41, 5.74) is 2.71. The fraction of sp³-hybridized carbons (Fsp3) is 0. The van der Waals surface area contributed by atoms with Gasteiger partial charge in [0.15, 0.2) is 0 Å². The summed E-state index contributed by atoms with van der Waals surface area (Å²) in [7, 11) is 0. The summed E-state index contributed by atoms with van der Waals surface area (Å²) in [6.07, 6.45) is 3.99. The SMILES string of the molecule is N#Cc1ccncc1-c1cccc(C=O)c1. The fourth-order valence-corrected chi connectivity index (χ4v) is 1.50. The molecule has 2 aromatic rings. The van der Waals surface area contributed by atoms with Crippen LogP contribution in [0.25, 0.3) is 11.1 Å². The minimum atomic E-state index is 0.554. The van der Waals surface area contributed by atoms with Gasteiger partial charge in [0, 0.05) is 23.5 Å². The van der Waals surface area contributed by atoms with Gasteiger partial charge in [-0.1, -0.05) is 18.2 Å². The van der Waals surface area contributed by atoms with E-state index in [2.05, 4.69) is 11.1 Å². The monoisotopic (exact) mass is 208 g/mol.